The molecule has 0 aliphatic heterocycles. The highest BCUT2D eigenvalue weighted by atomic mass is 16.1. The Labute approximate surface area is 91.5 Å². The summed E-state index contributed by atoms with van der Waals surface area (Å²) in [7, 11) is 0. The highest BCUT2D eigenvalue weighted by Gasteiger charge is 2.20. The minimum absolute atomic E-state index is 0.0640. The Bertz CT molecular complexity index is 345. The second-order valence-corrected chi connectivity index (χ2v) is 5.35. The van der Waals surface area contributed by atoms with Gasteiger partial charge in [-0.15, -0.1) is 0 Å². The highest BCUT2D eigenvalue weighted by Crippen LogP contribution is 2.20. The first kappa shape index (κ1) is 12.0. The normalized spacial score (nSPS) is 12.1. The third-order valence-corrected chi connectivity index (χ3v) is 2.27. The van der Waals surface area contributed by atoms with Crippen molar-refractivity contribution in [1.29, 1.82) is 0 Å². The van der Waals surface area contributed by atoms with Crippen LogP contribution in [0.25, 0.3) is 0 Å². The molecule has 1 heterocycles. The molecule has 84 valence electrons. The van der Waals surface area contributed by atoms with Crippen molar-refractivity contribution >= 4 is 6.29 Å². The van der Waals surface area contributed by atoms with E-state index in [4.69, 9.17) is 0 Å². The van der Waals surface area contributed by atoms with Gasteiger partial charge < -0.3 is 0 Å². The van der Waals surface area contributed by atoms with Gasteiger partial charge in [-0.3, -0.25) is 9.48 Å². The fourth-order valence-electron chi connectivity index (χ4n) is 1.65. The predicted octanol–water partition coefficient (Wildman–Crippen LogP) is 2.65. The SMILES string of the molecule is CC(C)Cc1c(C=O)cnn1C(C)(C)C. The predicted molar refractivity (Wildman–Crippen MR) is 61.2 cm³/mol. The zero-order chi connectivity index (χ0) is 11.6. The number of nitrogens with zero attached hydrogens (tertiary/aromatic N) is 2. The van der Waals surface area contributed by atoms with Gasteiger partial charge in [0, 0.05) is 5.69 Å². The van der Waals surface area contributed by atoms with Crippen molar-refractivity contribution in [3.05, 3.63) is 17.5 Å². The molecule has 15 heavy (non-hydrogen) atoms. The third kappa shape index (κ3) is 2.67. The maximum absolute atomic E-state index is 10.9. The van der Waals surface area contributed by atoms with Crippen LogP contribution in [0.2, 0.25) is 0 Å². The molecule has 0 unspecified atom stereocenters. The first-order chi connectivity index (χ1) is 6.86. The molecule has 0 fully saturated rings. The molecule has 1 rings (SSSR count). The summed E-state index contributed by atoms with van der Waals surface area (Å²) in [5.41, 5.74) is 1.71. The maximum atomic E-state index is 10.9. The fraction of sp³-hybridized carbons (Fsp3) is 0.667. The van der Waals surface area contributed by atoms with Crippen molar-refractivity contribution in [2.24, 2.45) is 5.92 Å². The Morgan fingerprint density at radius 2 is 2.07 bits per heavy atom. The number of aromatic nitrogens is 2. The molecule has 3 nitrogen and oxygen atoms in total. The minimum Gasteiger partial charge on any atom is -0.298 e. The zero-order valence-corrected chi connectivity index (χ0v) is 10.2. The van der Waals surface area contributed by atoms with Crippen molar-refractivity contribution in [1.82, 2.24) is 9.78 Å². The van der Waals surface area contributed by atoms with Crippen LogP contribution in [0.15, 0.2) is 6.20 Å². The summed E-state index contributed by atoms with van der Waals surface area (Å²) in [4.78, 5) is 10.9. The first-order valence-corrected chi connectivity index (χ1v) is 5.38. The van der Waals surface area contributed by atoms with Crippen LogP contribution in [-0.4, -0.2) is 16.1 Å². The molecule has 0 aliphatic rings. The molecule has 0 radical (unpaired) electrons. The molecule has 0 atom stereocenters. The lowest BCUT2D eigenvalue weighted by atomic mass is 10.0. The molecule has 0 aliphatic carbocycles. The Morgan fingerprint density at radius 3 is 2.47 bits per heavy atom. The number of hydrogen-bond acceptors (Lipinski definition) is 2. The van der Waals surface area contributed by atoms with Crippen molar-refractivity contribution in [2.75, 3.05) is 0 Å². The van der Waals surface area contributed by atoms with E-state index in [0.717, 1.165) is 24.0 Å². The molecular weight excluding hydrogens is 188 g/mol. The Kier molecular flexibility index (Phi) is 3.32. The van der Waals surface area contributed by atoms with Gasteiger partial charge in [-0.2, -0.15) is 5.10 Å². The summed E-state index contributed by atoms with van der Waals surface area (Å²) in [6.07, 6.45) is 3.45. The van der Waals surface area contributed by atoms with E-state index in [1.54, 1.807) is 6.20 Å². The fourth-order valence-corrected chi connectivity index (χ4v) is 1.65. The summed E-state index contributed by atoms with van der Waals surface area (Å²) in [5.74, 6) is 0.529. The minimum atomic E-state index is -0.0640. The van der Waals surface area contributed by atoms with Gasteiger partial charge in [0.1, 0.15) is 0 Å². The van der Waals surface area contributed by atoms with Crippen molar-refractivity contribution in [3.8, 4) is 0 Å². The number of aldehydes is 1. The van der Waals surface area contributed by atoms with Gasteiger partial charge in [-0.05, 0) is 33.1 Å². The van der Waals surface area contributed by atoms with E-state index in [1.807, 2.05) is 4.68 Å². The molecule has 0 spiro atoms. The monoisotopic (exact) mass is 208 g/mol. The lowest BCUT2D eigenvalue weighted by Crippen LogP contribution is -2.26. The van der Waals surface area contributed by atoms with Gasteiger partial charge in [0.05, 0.1) is 17.3 Å². The number of carbonyl (C=O) groups excluding carboxylic acids is 1. The van der Waals surface area contributed by atoms with Crippen molar-refractivity contribution in [2.45, 2.75) is 46.6 Å². The highest BCUT2D eigenvalue weighted by molar-refractivity contribution is 5.76. The molecule has 0 N–H and O–H groups in total. The van der Waals surface area contributed by atoms with Crippen LogP contribution in [0.1, 0.15) is 50.7 Å². The van der Waals surface area contributed by atoms with Crippen molar-refractivity contribution < 1.29 is 4.79 Å². The van der Waals surface area contributed by atoms with Gasteiger partial charge in [0.15, 0.2) is 6.29 Å². The first-order valence-electron chi connectivity index (χ1n) is 5.38. The molecule has 0 aromatic carbocycles. The van der Waals surface area contributed by atoms with E-state index in [-0.39, 0.29) is 5.54 Å². The van der Waals surface area contributed by atoms with E-state index < -0.39 is 0 Å². The Balaban J connectivity index is 3.17. The smallest absolute Gasteiger partial charge is 0.153 e. The summed E-state index contributed by atoms with van der Waals surface area (Å²) in [6.45, 7) is 10.6. The van der Waals surface area contributed by atoms with Crippen LogP contribution in [-0.2, 0) is 12.0 Å². The van der Waals surface area contributed by atoms with Gasteiger partial charge >= 0.3 is 0 Å². The second kappa shape index (κ2) is 4.17. The van der Waals surface area contributed by atoms with E-state index in [0.29, 0.717) is 5.92 Å². The Morgan fingerprint density at radius 1 is 1.47 bits per heavy atom. The lowest BCUT2D eigenvalue weighted by Gasteiger charge is -2.23. The summed E-state index contributed by atoms with van der Waals surface area (Å²) < 4.78 is 1.96. The zero-order valence-electron chi connectivity index (χ0n) is 10.2. The summed E-state index contributed by atoms with van der Waals surface area (Å²) in [5, 5.41) is 4.30. The quantitative estimate of drug-likeness (QED) is 0.716. The topological polar surface area (TPSA) is 34.9 Å². The molecule has 3 heteroatoms. The number of carbonyl (C=O) groups is 1. The van der Waals surface area contributed by atoms with Crippen LogP contribution in [0.3, 0.4) is 0 Å². The van der Waals surface area contributed by atoms with E-state index >= 15 is 0 Å². The van der Waals surface area contributed by atoms with Gasteiger partial charge in [0.2, 0.25) is 0 Å². The average molecular weight is 208 g/mol. The largest absolute Gasteiger partial charge is 0.298 e. The van der Waals surface area contributed by atoms with Crippen molar-refractivity contribution in [3.63, 3.8) is 0 Å². The molecule has 1 aromatic heterocycles. The van der Waals surface area contributed by atoms with Crippen LogP contribution in [0.5, 0.6) is 0 Å². The second-order valence-electron chi connectivity index (χ2n) is 5.35. The van der Waals surface area contributed by atoms with Gasteiger partial charge in [-0.25, -0.2) is 0 Å². The molecule has 0 amide bonds. The van der Waals surface area contributed by atoms with Crippen LogP contribution in [0, 0.1) is 5.92 Å². The molecule has 1 aromatic rings. The average Bonchev–Trinajstić information content (AvgIpc) is 2.45. The van der Waals surface area contributed by atoms with E-state index in [2.05, 4.69) is 39.7 Å². The van der Waals surface area contributed by atoms with Gasteiger partial charge in [-0.1, -0.05) is 13.8 Å². The summed E-state index contributed by atoms with van der Waals surface area (Å²) >= 11 is 0. The number of rotatable bonds is 3. The molecule has 0 saturated carbocycles. The lowest BCUT2D eigenvalue weighted by molar-refractivity contribution is 0.112. The Hall–Kier alpha value is -1.12. The molecule has 0 saturated heterocycles. The number of hydrogen-bond donors (Lipinski definition) is 0. The maximum Gasteiger partial charge on any atom is 0.153 e. The summed E-state index contributed by atoms with van der Waals surface area (Å²) in [6, 6.07) is 0. The molecular formula is C12H20N2O. The van der Waals surface area contributed by atoms with Crippen LogP contribution < -0.4 is 0 Å². The van der Waals surface area contributed by atoms with E-state index in [1.165, 1.54) is 0 Å². The standard InChI is InChI=1S/C12H20N2O/c1-9(2)6-11-10(8-15)7-13-14(11)12(3,4)5/h7-9H,6H2,1-5H3. The van der Waals surface area contributed by atoms with Crippen LogP contribution >= 0.6 is 0 Å². The van der Waals surface area contributed by atoms with Gasteiger partial charge in [0.25, 0.3) is 0 Å². The van der Waals surface area contributed by atoms with Crippen LogP contribution in [0.4, 0.5) is 0 Å². The third-order valence-electron chi connectivity index (χ3n) is 2.27. The molecule has 0 bridgehead atoms. The van der Waals surface area contributed by atoms with E-state index in [9.17, 15) is 4.79 Å².